The van der Waals surface area contributed by atoms with E-state index < -0.39 is 5.91 Å². The molecule has 2 amide bonds. The van der Waals surface area contributed by atoms with Gasteiger partial charge in [-0.25, -0.2) is 4.98 Å². The topological polar surface area (TPSA) is 100 Å². The van der Waals surface area contributed by atoms with E-state index in [2.05, 4.69) is 20.6 Å². The fraction of sp³-hybridized carbons (Fsp3) is 0.0800. The minimum absolute atomic E-state index is 0.148. The Labute approximate surface area is 184 Å². The second kappa shape index (κ2) is 10.1. The first-order valence-electron chi connectivity index (χ1n) is 10.2. The van der Waals surface area contributed by atoms with Crippen LogP contribution in [0.15, 0.2) is 89.2 Å². The molecule has 4 aromatic rings. The molecule has 2 aromatic carbocycles. The molecule has 2 heterocycles. The highest BCUT2D eigenvalue weighted by Gasteiger charge is 2.12. The second-order valence-corrected chi connectivity index (χ2v) is 7.01. The van der Waals surface area contributed by atoms with Crippen LogP contribution in [0, 0.1) is 0 Å². The van der Waals surface area contributed by atoms with Gasteiger partial charge in [0.2, 0.25) is 5.91 Å². The van der Waals surface area contributed by atoms with Crippen molar-refractivity contribution in [3.63, 3.8) is 0 Å². The first kappa shape index (κ1) is 20.9. The predicted octanol–water partition coefficient (Wildman–Crippen LogP) is 3.69. The van der Waals surface area contributed by atoms with E-state index in [0.29, 0.717) is 18.7 Å². The number of fused-ring (bicyclic) bond motifs is 1. The van der Waals surface area contributed by atoms with Crippen molar-refractivity contribution in [2.24, 2.45) is 0 Å². The molecule has 3 N–H and O–H groups in total. The molecule has 7 nitrogen and oxygen atoms in total. The van der Waals surface area contributed by atoms with Gasteiger partial charge in [-0.3, -0.25) is 9.59 Å². The number of carbonyl (C=O) groups is 2. The molecule has 0 aliphatic rings. The Bertz CT molecular complexity index is 1220. The molecule has 2 aromatic heterocycles. The average Bonchev–Trinajstić information content (AvgIpc) is 3.47. The van der Waals surface area contributed by atoms with Crippen LogP contribution in [0.3, 0.4) is 0 Å². The van der Waals surface area contributed by atoms with Crippen LogP contribution in [-0.2, 0) is 16.0 Å². The van der Waals surface area contributed by atoms with Gasteiger partial charge in [0.1, 0.15) is 17.3 Å². The minimum atomic E-state index is -0.434. The molecule has 0 fully saturated rings. The summed E-state index contributed by atoms with van der Waals surface area (Å²) < 4.78 is 5.18. The SMILES string of the molecule is O=C(C=Cc1ccco1)NC(=Cc1ccccc1)C(=O)NCCc1nc2ccccc2[nH]1. The lowest BCUT2D eigenvalue weighted by atomic mass is 10.2. The van der Waals surface area contributed by atoms with Crippen LogP contribution in [0.25, 0.3) is 23.2 Å². The molecule has 7 heteroatoms. The maximum atomic E-state index is 12.8. The van der Waals surface area contributed by atoms with E-state index in [1.165, 1.54) is 18.4 Å². The molecule has 0 aliphatic carbocycles. The first-order valence-corrected chi connectivity index (χ1v) is 10.2. The summed E-state index contributed by atoms with van der Waals surface area (Å²) in [6.07, 6.45) is 6.54. The number of H-pyrrole nitrogens is 1. The summed E-state index contributed by atoms with van der Waals surface area (Å²) in [6, 6.07) is 20.5. The van der Waals surface area contributed by atoms with E-state index in [9.17, 15) is 9.59 Å². The molecular weight excluding hydrogens is 404 g/mol. The zero-order valence-electron chi connectivity index (χ0n) is 17.2. The summed E-state index contributed by atoms with van der Waals surface area (Å²) in [5, 5.41) is 5.50. The van der Waals surface area contributed by atoms with Crippen molar-refractivity contribution in [1.82, 2.24) is 20.6 Å². The lowest BCUT2D eigenvalue weighted by molar-refractivity contribution is -0.121. The number of amides is 2. The summed E-state index contributed by atoms with van der Waals surface area (Å²) in [6.45, 7) is 0.364. The number of hydrogen-bond donors (Lipinski definition) is 3. The summed E-state index contributed by atoms with van der Waals surface area (Å²) >= 11 is 0. The fourth-order valence-electron chi connectivity index (χ4n) is 3.11. The van der Waals surface area contributed by atoms with Gasteiger partial charge in [0.15, 0.2) is 0 Å². The molecule has 0 bridgehead atoms. The van der Waals surface area contributed by atoms with Crippen LogP contribution in [0.2, 0.25) is 0 Å². The van der Waals surface area contributed by atoms with E-state index >= 15 is 0 Å². The van der Waals surface area contributed by atoms with Crippen molar-refractivity contribution in [3.8, 4) is 0 Å². The van der Waals surface area contributed by atoms with Crippen molar-refractivity contribution >= 4 is 35.0 Å². The molecule has 4 rings (SSSR count). The van der Waals surface area contributed by atoms with E-state index in [-0.39, 0.29) is 11.6 Å². The number of benzene rings is 2. The largest absolute Gasteiger partial charge is 0.465 e. The number of para-hydroxylation sites is 2. The van der Waals surface area contributed by atoms with Crippen molar-refractivity contribution in [3.05, 3.63) is 102 Å². The highest BCUT2D eigenvalue weighted by atomic mass is 16.3. The zero-order chi connectivity index (χ0) is 22.2. The summed E-state index contributed by atoms with van der Waals surface area (Å²) in [4.78, 5) is 32.9. The molecule has 0 saturated carbocycles. The van der Waals surface area contributed by atoms with Crippen LogP contribution < -0.4 is 10.6 Å². The van der Waals surface area contributed by atoms with Gasteiger partial charge in [-0.05, 0) is 42.0 Å². The number of aromatic amines is 1. The van der Waals surface area contributed by atoms with Gasteiger partial charge in [-0.15, -0.1) is 0 Å². The summed E-state index contributed by atoms with van der Waals surface area (Å²) in [7, 11) is 0. The van der Waals surface area contributed by atoms with E-state index in [1.807, 2.05) is 54.6 Å². The lowest BCUT2D eigenvalue weighted by Gasteiger charge is -2.09. The number of nitrogens with zero attached hydrogens (tertiary/aromatic N) is 1. The smallest absolute Gasteiger partial charge is 0.267 e. The molecule has 0 spiro atoms. The van der Waals surface area contributed by atoms with Gasteiger partial charge < -0.3 is 20.0 Å². The van der Waals surface area contributed by atoms with Crippen molar-refractivity contribution in [2.75, 3.05) is 6.54 Å². The Morgan fingerprint density at radius 1 is 1.00 bits per heavy atom. The Morgan fingerprint density at radius 3 is 2.59 bits per heavy atom. The number of rotatable bonds is 8. The molecule has 0 unspecified atom stereocenters. The second-order valence-electron chi connectivity index (χ2n) is 7.01. The molecule has 0 radical (unpaired) electrons. The molecule has 32 heavy (non-hydrogen) atoms. The third-order valence-corrected chi connectivity index (χ3v) is 4.64. The lowest BCUT2D eigenvalue weighted by Crippen LogP contribution is -2.35. The first-order chi connectivity index (χ1) is 15.7. The Kier molecular flexibility index (Phi) is 6.57. The number of aromatic nitrogens is 2. The Hall–Kier alpha value is -4.39. The van der Waals surface area contributed by atoms with Gasteiger partial charge in [0, 0.05) is 19.0 Å². The van der Waals surface area contributed by atoms with Crippen molar-refractivity contribution < 1.29 is 14.0 Å². The third-order valence-electron chi connectivity index (χ3n) is 4.64. The van der Waals surface area contributed by atoms with Crippen LogP contribution in [-0.4, -0.2) is 28.3 Å². The fourth-order valence-corrected chi connectivity index (χ4v) is 3.11. The van der Waals surface area contributed by atoms with Crippen molar-refractivity contribution in [1.29, 1.82) is 0 Å². The van der Waals surface area contributed by atoms with Gasteiger partial charge in [-0.2, -0.15) is 0 Å². The molecular formula is C25H22N4O3. The summed E-state index contributed by atoms with van der Waals surface area (Å²) in [5.41, 5.74) is 2.78. The Morgan fingerprint density at radius 2 is 1.81 bits per heavy atom. The van der Waals surface area contributed by atoms with Crippen molar-refractivity contribution in [2.45, 2.75) is 6.42 Å². The average molecular weight is 426 g/mol. The van der Waals surface area contributed by atoms with Crippen LogP contribution in [0.4, 0.5) is 0 Å². The number of furan rings is 1. The quantitative estimate of drug-likeness (QED) is 0.374. The molecule has 0 saturated heterocycles. The van der Waals surface area contributed by atoms with E-state index in [0.717, 1.165) is 22.4 Å². The monoisotopic (exact) mass is 426 g/mol. The maximum absolute atomic E-state index is 12.8. The number of hydrogen-bond acceptors (Lipinski definition) is 4. The minimum Gasteiger partial charge on any atom is -0.465 e. The van der Waals surface area contributed by atoms with Crippen LogP contribution >= 0.6 is 0 Å². The van der Waals surface area contributed by atoms with Gasteiger partial charge in [-0.1, -0.05) is 42.5 Å². The summed E-state index contributed by atoms with van der Waals surface area (Å²) in [5.74, 6) is 0.509. The zero-order valence-corrected chi connectivity index (χ0v) is 17.2. The van der Waals surface area contributed by atoms with Crippen LogP contribution in [0.1, 0.15) is 17.1 Å². The standard InChI is InChI=1S/C25H22N4O3/c30-24(13-12-19-9-6-16-32-19)29-22(17-18-7-2-1-3-8-18)25(31)26-15-14-23-27-20-10-4-5-11-21(20)28-23/h1-13,16-17H,14-15H2,(H,26,31)(H,27,28)(H,29,30). The Balaban J connectivity index is 1.41. The highest BCUT2D eigenvalue weighted by Crippen LogP contribution is 2.10. The van der Waals surface area contributed by atoms with E-state index in [4.69, 9.17) is 4.42 Å². The predicted molar refractivity (Wildman–Crippen MR) is 123 cm³/mol. The van der Waals surface area contributed by atoms with Crippen LogP contribution in [0.5, 0.6) is 0 Å². The van der Waals surface area contributed by atoms with Gasteiger partial charge in [0.25, 0.3) is 5.91 Å². The maximum Gasteiger partial charge on any atom is 0.267 e. The molecule has 0 atom stereocenters. The third kappa shape index (κ3) is 5.60. The van der Waals surface area contributed by atoms with E-state index in [1.54, 1.807) is 18.2 Å². The number of imidazole rings is 1. The molecule has 160 valence electrons. The van der Waals surface area contributed by atoms with Gasteiger partial charge in [0.05, 0.1) is 17.3 Å². The van der Waals surface area contributed by atoms with Gasteiger partial charge >= 0.3 is 0 Å². The highest BCUT2D eigenvalue weighted by molar-refractivity contribution is 6.04. The number of carbonyl (C=O) groups excluding carboxylic acids is 2. The number of nitrogens with one attached hydrogen (secondary N) is 3. The molecule has 0 aliphatic heterocycles. The normalized spacial score (nSPS) is 11.7.